The minimum absolute atomic E-state index is 1.41. The van der Waals surface area contributed by atoms with Crippen LogP contribution < -0.4 is 9.06 Å². The Balaban J connectivity index is 2.81. The van der Waals surface area contributed by atoms with Gasteiger partial charge in [-0.15, -0.1) is 22.7 Å². The van der Waals surface area contributed by atoms with Crippen LogP contribution in [0.15, 0.2) is 12.1 Å². The molecule has 2 aromatic heterocycles. The van der Waals surface area contributed by atoms with Crippen LogP contribution >= 0.6 is 22.7 Å². The zero-order chi connectivity index (χ0) is 10.3. The van der Waals surface area contributed by atoms with Crippen molar-refractivity contribution in [1.82, 2.24) is 0 Å². The van der Waals surface area contributed by atoms with E-state index in [1.54, 1.807) is 0 Å². The molecule has 0 amide bonds. The molecular weight excluding hydrogens is 208 g/mol. The second-order valence-corrected chi connectivity index (χ2v) is 6.12. The van der Waals surface area contributed by atoms with E-state index in [1.165, 1.54) is 29.6 Å². The van der Waals surface area contributed by atoms with Crippen molar-refractivity contribution < 1.29 is 0 Å². The van der Waals surface area contributed by atoms with Gasteiger partial charge in [-0.05, 0) is 39.8 Å². The van der Waals surface area contributed by atoms with Gasteiger partial charge < -0.3 is 0 Å². The standard InChI is InChI=1S/C12H14S2/c1-7(2)9-5-11-12(13-9)6-10(14-11)8(3)4/h5-6H,1-4H3. The number of fused-ring (bicyclic) bond motifs is 1. The molecule has 74 valence electrons. The van der Waals surface area contributed by atoms with Crippen molar-refractivity contribution in [1.29, 1.82) is 0 Å². The van der Waals surface area contributed by atoms with E-state index in [9.17, 15) is 0 Å². The lowest BCUT2D eigenvalue weighted by Crippen LogP contribution is -1.94. The Morgan fingerprint density at radius 2 is 1.14 bits per heavy atom. The summed E-state index contributed by atoms with van der Waals surface area (Å²) in [6.07, 6.45) is 0. The molecule has 14 heavy (non-hydrogen) atoms. The molecule has 2 heterocycles. The Morgan fingerprint density at radius 3 is 1.43 bits per heavy atom. The third-order valence-electron chi connectivity index (χ3n) is 2.19. The molecule has 0 radical (unpaired) electrons. The Morgan fingerprint density at radius 1 is 0.786 bits per heavy atom. The van der Waals surface area contributed by atoms with Gasteiger partial charge in [-0.2, -0.15) is 0 Å². The van der Waals surface area contributed by atoms with Crippen LogP contribution in [0.2, 0.25) is 0 Å². The Bertz CT molecular complexity index is 486. The summed E-state index contributed by atoms with van der Waals surface area (Å²) in [5, 5.41) is 0. The van der Waals surface area contributed by atoms with E-state index in [2.05, 4.69) is 39.8 Å². The first-order chi connectivity index (χ1) is 6.58. The van der Waals surface area contributed by atoms with Crippen LogP contribution in [0.4, 0.5) is 0 Å². The molecule has 0 aliphatic carbocycles. The highest BCUT2D eigenvalue weighted by Gasteiger charge is 2.00. The van der Waals surface area contributed by atoms with Crippen molar-refractivity contribution in [2.75, 3.05) is 0 Å². The predicted octanol–water partition coefficient (Wildman–Crippen LogP) is 3.34. The van der Waals surface area contributed by atoms with Crippen LogP contribution in [0.25, 0.3) is 20.5 Å². The first-order valence-corrected chi connectivity index (χ1v) is 6.35. The molecule has 0 aromatic carbocycles. The van der Waals surface area contributed by atoms with Gasteiger partial charge >= 0.3 is 0 Å². The van der Waals surface area contributed by atoms with E-state index in [1.807, 2.05) is 22.7 Å². The maximum Gasteiger partial charge on any atom is 0.0463 e. The van der Waals surface area contributed by atoms with Crippen LogP contribution in [-0.2, 0) is 0 Å². The third kappa shape index (κ3) is 1.64. The van der Waals surface area contributed by atoms with Crippen LogP contribution in [0.1, 0.15) is 27.7 Å². The molecule has 2 heteroatoms. The van der Waals surface area contributed by atoms with Gasteiger partial charge in [-0.25, -0.2) is 0 Å². The minimum Gasteiger partial charge on any atom is -0.135 e. The van der Waals surface area contributed by atoms with Gasteiger partial charge in [0.25, 0.3) is 0 Å². The molecule has 0 N–H and O–H groups in total. The second-order valence-electron chi connectivity index (χ2n) is 3.95. The summed E-state index contributed by atoms with van der Waals surface area (Å²) >= 11 is 3.81. The molecule has 0 spiro atoms. The normalized spacial score (nSPS) is 10.9. The summed E-state index contributed by atoms with van der Waals surface area (Å²) in [5.74, 6) is 0. The van der Waals surface area contributed by atoms with Crippen LogP contribution in [0, 0.1) is 0 Å². The molecule has 0 aliphatic rings. The van der Waals surface area contributed by atoms with E-state index in [4.69, 9.17) is 0 Å². The average Bonchev–Trinajstić information content (AvgIpc) is 2.57. The molecule has 0 saturated heterocycles. The number of hydrogen-bond acceptors (Lipinski definition) is 2. The SMILES string of the molecule is CC(C)=c1cc2sc(=C(C)C)cc2s1. The van der Waals surface area contributed by atoms with E-state index in [0.29, 0.717) is 0 Å². The van der Waals surface area contributed by atoms with Gasteiger partial charge in [0.2, 0.25) is 0 Å². The average molecular weight is 222 g/mol. The lowest BCUT2D eigenvalue weighted by atomic mass is 10.3. The highest BCUT2D eigenvalue weighted by Crippen LogP contribution is 2.20. The molecule has 0 atom stereocenters. The molecule has 0 unspecified atom stereocenters. The van der Waals surface area contributed by atoms with Gasteiger partial charge in [0, 0.05) is 18.5 Å². The number of rotatable bonds is 0. The maximum absolute atomic E-state index is 2.31. The maximum atomic E-state index is 2.31. The van der Waals surface area contributed by atoms with Crippen molar-refractivity contribution in [2.24, 2.45) is 0 Å². The quantitative estimate of drug-likeness (QED) is 0.641. The summed E-state index contributed by atoms with van der Waals surface area (Å²) in [7, 11) is 0. The summed E-state index contributed by atoms with van der Waals surface area (Å²) in [6.45, 7) is 8.70. The van der Waals surface area contributed by atoms with Crippen molar-refractivity contribution in [2.45, 2.75) is 27.7 Å². The van der Waals surface area contributed by atoms with Gasteiger partial charge in [-0.1, -0.05) is 11.1 Å². The molecular formula is C12H14S2. The van der Waals surface area contributed by atoms with E-state index >= 15 is 0 Å². The zero-order valence-corrected chi connectivity index (χ0v) is 10.6. The highest BCUT2D eigenvalue weighted by atomic mass is 32.1. The predicted molar refractivity (Wildman–Crippen MR) is 68.5 cm³/mol. The third-order valence-corrected chi connectivity index (χ3v) is 4.93. The van der Waals surface area contributed by atoms with Crippen molar-refractivity contribution >= 4 is 43.2 Å². The largest absolute Gasteiger partial charge is 0.135 e. The second kappa shape index (κ2) is 3.52. The van der Waals surface area contributed by atoms with Gasteiger partial charge in [0.05, 0.1) is 0 Å². The van der Waals surface area contributed by atoms with Gasteiger partial charge in [-0.3, -0.25) is 0 Å². The van der Waals surface area contributed by atoms with Crippen molar-refractivity contribution in [3.05, 3.63) is 21.2 Å². The Kier molecular flexibility index (Phi) is 2.50. The molecule has 0 saturated carbocycles. The summed E-state index contributed by atoms with van der Waals surface area (Å²) < 4.78 is 5.71. The molecule has 0 nitrogen and oxygen atoms in total. The highest BCUT2D eigenvalue weighted by molar-refractivity contribution is 7.25. The number of thiophene rings is 2. The minimum atomic E-state index is 1.41. The lowest BCUT2D eigenvalue weighted by Gasteiger charge is -1.82. The summed E-state index contributed by atoms with van der Waals surface area (Å²) in [4.78, 5) is 0. The van der Waals surface area contributed by atoms with Gasteiger partial charge in [0.1, 0.15) is 0 Å². The molecule has 2 rings (SSSR count). The lowest BCUT2D eigenvalue weighted by molar-refractivity contribution is 1.59. The van der Waals surface area contributed by atoms with E-state index in [-0.39, 0.29) is 0 Å². The molecule has 0 aliphatic heterocycles. The molecule has 0 fully saturated rings. The molecule has 2 aromatic rings. The van der Waals surface area contributed by atoms with Crippen molar-refractivity contribution in [3.63, 3.8) is 0 Å². The smallest absolute Gasteiger partial charge is 0.0463 e. The number of hydrogen-bond donors (Lipinski definition) is 0. The van der Waals surface area contributed by atoms with Crippen LogP contribution in [0.5, 0.6) is 0 Å². The van der Waals surface area contributed by atoms with E-state index in [0.717, 1.165) is 0 Å². The Labute approximate surface area is 92.2 Å². The Hall–Kier alpha value is -0.600. The summed E-state index contributed by atoms with van der Waals surface area (Å²) in [6, 6.07) is 4.62. The van der Waals surface area contributed by atoms with Crippen LogP contribution in [0.3, 0.4) is 0 Å². The van der Waals surface area contributed by atoms with Crippen molar-refractivity contribution in [3.8, 4) is 0 Å². The molecule has 0 bridgehead atoms. The fraction of sp³-hybridized carbons (Fsp3) is 0.333. The fourth-order valence-corrected chi connectivity index (χ4v) is 3.64. The topological polar surface area (TPSA) is 0 Å². The monoisotopic (exact) mass is 222 g/mol. The fourth-order valence-electron chi connectivity index (χ4n) is 1.33. The first kappa shape index (κ1) is 9.94. The van der Waals surface area contributed by atoms with Crippen LogP contribution in [-0.4, -0.2) is 0 Å². The zero-order valence-electron chi connectivity index (χ0n) is 8.97. The summed E-state index contributed by atoms with van der Waals surface area (Å²) in [5.41, 5.74) is 2.83. The first-order valence-electron chi connectivity index (χ1n) is 4.72. The van der Waals surface area contributed by atoms with E-state index < -0.39 is 0 Å². The van der Waals surface area contributed by atoms with Gasteiger partial charge in [0.15, 0.2) is 0 Å².